The minimum Gasteiger partial charge on any atom is -0.468 e. The average molecular weight is 449 g/mol. The van der Waals surface area contributed by atoms with E-state index in [2.05, 4.69) is 71.3 Å². The van der Waals surface area contributed by atoms with Crippen LogP contribution in [0.2, 0.25) is 0 Å². The Balaban J connectivity index is 1.44. The van der Waals surface area contributed by atoms with Gasteiger partial charge in [-0.1, -0.05) is 30.3 Å². The fourth-order valence-corrected chi connectivity index (χ4v) is 4.51. The van der Waals surface area contributed by atoms with Crippen molar-refractivity contribution >= 4 is 5.96 Å². The van der Waals surface area contributed by atoms with E-state index in [0.29, 0.717) is 6.54 Å². The second-order valence-corrected chi connectivity index (χ2v) is 8.64. The molecule has 1 aliphatic heterocycles. The molecule has 0 aliphatic carbocycles. The Morgan fingerprint density at radius 3 is 2.58 bits per heavy atom. The molecule has 0 saturated carbocycles. The number of likely N-dealkylation sites (tertiary alicyclic amines) is 1. The third-order valence-corrected chi connectivity index (χ3v) is 6.36. The summed E-state index contributed by atoms with van der Waals surface area (Å²) in [6.07, 6.45) is 4.25. The van der Waals surface area contributed by atoms with Crippen LogP contribution in [0.1, 0.15) is 54.1 Å². The van der Waals surface area contributed by atoms with E-state index in [9.17, 15) is 0 Å². The molecule has 2 N–H and O–H groups in total. The molecule has 0 amide bonds. The number of aliphatic imine (C=N–C) groups is 1. The van der Waals surface area contributed by atoms with Crippen molar-refractivity contribution in [3.8, 4) is 0 Å². The van der Waals surface area contributed by atoms with Gasteiger partial charge in [0.25, 0.3) is 0 Å². The van der Waals surface area contributed by atoms with Gasteiger partial charge in [-0.05, 0) is 64.4 Å². The number of hydrogen-bond acceptors (Lipinski definition) is 4. The number of furan rings is 1. The first-order valence-corrected chi connectivity index (χ1v) is 12.0. The zero-order chi connectivity index (χ0) is 23.0. The zero-order valence-electron chi connectivity index (χ0n) is 20.1. The van der Waals surface area contributed by atoms with Gasteiger partial charge in [-0.3, -0.25) is 9.58 Å². The SMILES string of the molecule is CCNC(=NCc1c(C)nn(Cc2ccccc2)c1C)NCC(c1ccco1)N1CCCC1. The normalized spacial score (nSPS) is 15.7. The molecule has 1 aliphatic rings. The Morgan fingerprint density at radius 2 is 1.88 bits per heavy atom. The number of guanidine groups is 1. The third-order valence-electron chi connectivity index (χ3n) is 6.36. The summed E-state index contributed by atoms with van der Waals surface area (Å²) in [7, 11) is 0. The van der Waals surface area contributed by atoms with Gasteiger partial charge in [-0.15, -0.1) is 0 Å². The first-order chi connectivity index (χ1) is 16.2. The lowest BCUT2D eigenvalue weighted by Gasteiger charge is -2.26. The summed E-state index contributed by atoms with van der Waals surface area (Å²) in [5.74, 6) is 1.83. The summed E-state index contributed by atoms with van der Waals surface area (Å²) in [6.45, 7) is 11.5. The van der Waals surface area contributed by atoms with Crippen molar-refractivity contribution in [1.82, 2.24) is 25.3 Å². The third kappa shape index (κ3) is 5.85. The molecule has 2 aromatic heterocycles. The number of aryl methyl sites for hydroxylation is 1. The van der Waals surface area contributed by atoms with Gasteiger partial charge in [0.2, 0.25) is 0 Å². The van der Waals surface area contributed by atoms with Gasteiger partial charge in [0.1, 0.15) is 5.76 Å². The lowest BCUT2D eigenvalue weighted by molar-refractivity contribution is 0.215. The minimum atomic E-state index is 0.212. The topological polar surface area (TPSA) is 70.6 Å². The highest BCUT2D eigenvalue weighted by molar-refractivity contribution is 5.79. The second kappa shape index (κ2) is 11.2. The van der Waals surface area contributed by atoms with E-state index in [0.717, 1.165) is 50.1 Å². The number of hydrogen-bond donors (Lipinski definition) is 2. The van der Waals surface area contributed by atoms with Gasteiger partial charge >= 0.3 is 0 Å². The molecule has 3 aromatic rings. The molecule has 7 heteroatoms. The van der Waals surface area contributed by atoms with Crippen molar-refractivity contribution in [2.45, 2.75) is 52.7 Å². The fourth-order valence-electron chi connectivity index (χ4n) is 4.51. The molecule has 1 unspecified atom stereocenters. The molecule has 1 fully saturated rings. The number of rotatable bonds is 9. The lowest BCUT2D eigenvalue weighted by Crippen LogP contribution is -2.42. The number of aromatic nitrogens is 2. The van der Waals surface area contributed by atoms with Crippen LogP contribution < -0.4 is 10.6 Å². The van der Waals surface area contributed by atoms with Crippen molar-refractivity contribution in [2.24, 2.45) is 4.99 Å². The Bertz CT molecular complexity index is 1020. The van der Waals surface area contributed by atoms with Crippen molar-refractivity contribution in [3.63, 3.8) is 0 Å². The molecular formula is C26H36N6O. The fraction of sp³-hybridized carbons (Fsp3) is 0.462. The van der Waals surface area contributed by atoms with Gasteiger partial charge in [-0.2, -0.15) is 5.10 Å². The molecule has 0 spiro atoms. The monoisotopic (exact) mass is 448 g/mol. The quantitative estimate of drug-likeness (QED) is 0.382. The van der Waals surface area contributed by atoms with Crippen molar-refractivity contribution in [1.29, 1.82) is 0 Å². The Kier molecular flexibility index (Phi) is 7.83. The number of benzene rings is 1. The summed E-state index contributed by atoms with van der Waals surface area (Å²) < 4.78 is 7.84. The maximum absolute atomic E-state index is 5.76. The van der Waals surface area contributed by atoms with Crippen molar-refractivity contribution < 1.29 is 4.42 Å². The maximum Gasteiger partial charge on any atom is 0.191 e. The summed E-state index contributed by atoms with van der Waals surface area (Å²) in [5, 5.41) is 11.7. The second-order valence-electron chi connectivity index (χ2n) is 8.64. The predicted octanol–water partition coefficient (Wildman–Crippen LogP) is 4.03. The molecule has 1 saturated heterocycles. The van der Waals surface area contributed by atoms with Crippen LogP contribution in [0, 0.1) is 13.8 Å². The summed E-state index contributed by atoms with van der Waals surface area (Å²) >= 11 is 0. The number of nitrogens with zero attached hydrogens (tertiary/aromatic N) is 4. The molecule has 1 aromatic carbocycles. The van der Waals surface area contributed by atoms with Crippen LogP contribution in [0.3, 0.4) is 0 Å². The first kappa shape index (κ1) is 23.1. The zero-order valence-corrected chi connectivity index (χ0v) is 20.1. The van der Waals surface area contributed by atoms with Crippen molar-refractivity contribution in [2.75, 3.05) is 26.2 Å². The molecule has 3 heterocycles. The maximum atomic E-state index is 5.76. The molecule has 33 heavy (non-hydrogen) atoms. The summed E-state index contributed by atoms with van der Waals surface area (Å²) in [6, 6.07) is 14.7. The van der Waals surface area contributed by atoms with E-state index in [-0.39, 0.29) is 6.04 Å². The van der Waals surface area contributed by atoms with Gasteiger partial charge in [0, 0.05) is 24.3 Å². The van der Waals surface area contributed by atoms with Crippen LogP contribution in [0.4, 0.5) is 0 Å². The van der Waals surface area contributed by atoms with Crippen LogP contribution in [0.15, 0.2) is 58.1 Å². The van der Waals surface area contributed by atoms with Crippen LogP contribution in [0.5, 0.6) is 0 Å². The largest absolute Gasteiger partial charge is 0.468 e. The summed E-state index contributed by atoms with van der Waals surface area (Å²) in [5.41, 5.74) is 4.64. The molecule has 4 rings (SSSR count). The highest BCUT2D eigenvalue weighted by Crippen LogP contribution is 2.25. The highest BCUT2D eigenvalue weighted by atomic mass is 16.3. The van der Waals surface area contributed by atoms with Gasteiger partial charge in [-0.25, -0.2) is 4.99 Å². The number of nitrogens with one attached hydrogen (secondary N) is 2. The molecular weight excluding hydrogens is 412 g/mol. The average Bonchev–Trinajstić information content (AvgIpc) is 3.58. The standard InChI is InChI=1S/C26H36N6O/c1-4-27-26(29-18-24(25-13-10-16-33-25)31-14-8-9-15-31)28-17-23-20(2)30-32(21(23)3)19-22-11-6-5-7-12-22/h5-7,10-13,16,24H,4,8-9,14-15,17-19H2,1-3H3,(H2,27,28,29). The predicted molar refractivity (Wildman–Crippen MR) is 132 cm³/mol. The van der Waals surface area contributed by atoms with Gasteiger partial charge in [0.15, 0.2) is 5.96 Å². The van der Waals surface area contributed by atoms with Crippen LogP contribution in [-0.2, 0) is 13.1 Å². The molecule has 176 valence electrons. The molecule has 1 atom stereocenters. The van der Waals surface area contributed by atoms with E-state index >= 15 is 0 Å². The smallest absolute Gasteiger partial charge is 0.191 e. The summed E-state index contributed by atoms with van der Waals surface area (Å²) in [4.78, 5) is 7.39. The van der Waals surface area contributed by atoms with E-state index in [4.69, 9.17) is 14.5 Å². The highest BCUT2D eigenvalue weighted by Gasteiger charge is 2.25. The molecule has 0 radical (unpaired) electrons. The Labute approximate surface area is 196 Å². The Morgan fingerprint density at radius 1 is 1.09 bits per heavy atom. The lowest BCUT2D eigenvalue weighted by atomic mass is 10.2. The first-order valence-electron chi connectivity index (χ1n) is 12.0. The van der Waals surface area contributed by atoms with Crippen molar-refractivity contribution in [3.05, 3.63) is 77.0 Å². The molecule has 7 nitrogen and oxygen atoms in total. The van der Waals surface area contributed by atoms with E-state index in [1.54, 1.807) is 6.26 Å². The van der Waals surface area contributed by atoms with Crippen LogP contribution in [0.25, 0.3) is 0 Å². The van der Waals surface area contributed by atoms with E-state index in [1.165, 1.54) is 29.7 Å². The molecule has 0 bridgehead atoms. The van der Waals surface area contributed by atoms with E-state index in [1.807, 2.05) is 12.1 Å². The Hall–Kier alpha value is -3.06. The van der Waals surface area contributed by atoms with E-state index < -0.39 is 0 Å². The van der Waals surface area contributed by atoms with Crippen LogP contribution in [-0.4, -0.2) is 46.8 Å². The van der Waals surface area contributed by atoms with Gasteiger partial charge < -0.3 is 15.1 Å². The minimum absolute atomic E-state index is 0.212. The van der Waals surface area contributed by atoms with Crippen LogP contribution >= 0.6 is 0 Å². The van der Waals surface area contributed by atoms with Gasteiger partial charge in [0.05, 0.1) is 31.1 Å².